The van der Waals surface area contributed by atoms with Crippen LogP contribution in [0.1, 0.15) is 6.42 Å². The lowest BCUT2D eigenvalue weighted by atomic mass is 10.2. The highest BCUT2D eigenvalue weighted by Crippen LogP contribution is 2.37. The van der Waals surface area contributed by atoms with Gasteiger partial charge in [-0.15, -0.1) is 0 Å². The predicted octanol–water partition coefficient (Wildman–Crippen LogP) is 4.24. The number of benzene rings is 1. The SMILES string of the molecule is Cn1c(-c2c(Cl)cccc2Cl)nc2c(NC(=O)[C@H]3C[C@H]3F)nccc21. The van der Waals surface area contributed by atoms with Crippen LogP contribution in [0.15, 0.2) is 30.5 Å². The molecule has 1 amide bonds. The molecule has 3 aromatic rings. The minimum absolute atomic E-state index is 0.254. The highest BCUT2D eigenvalue weighted by molar-refractivity contribution is 6.39. The van der Waals surface area contributed by atoms with Gasteiger partial charge in [0.05, 0.1) is 27.0 Å². The Hall–Kier alpha value is -2.18. The minimum Gasteiger partial charge on any atom is -0.327 e. The minimum atomic E-state index is -1.07. The summed E-state index contributed by atoms with van der Waals surface area (Å²) in [6.07, 6.45) is 0.752. The van der Waals surface area contributed by atoms with Crippen LogP contribution in [0.3, 0.4) is 0 Å². The van der Waals surface area contributed by atoms with E-state index in [0.29, 0.717) is 32.8 Å². The fourth-order valence-electron chi connectivity index (χ4n) is 2.79. The van der Waals surface area contributed by atoms with E-state index in [-0.39, 0.29) is 12.3 Å². The maximum absolute atomic E-state index is 13.1. The van der Waals surface area contributed by atoms with Crippen molar-refractivity contribution in [3.8, 4) is 11.4 Å². The van der Waals surface area contributed by atoms with E-state index in [4.69, 9.17) is 23.2 Å². The Labute approximate surface area is 152 Å². The smallest absolute Gasteiger partial charge is 0.231 e. The number of pyridine rings is 1. The largest absolute Gasteiger partial charge is 0.327 e. The molecule has 2 atom stereocenters. The first-order valence-corrected chi connectivity index (χ1v) is 8.43. The highest BCUT2D eigenvalue weighted by Gasteiger charge is 2.44. The first-order chi connectivity index (χ1) is 12.0. The number of hydrogen-bond donors (Lipinski definition) is 1. The molecule has 5 nitrogen and oxygen atoms in total. The monoisotopic (exact) mass is 378 g/mol. The number of fused-ring (bicyclic) bond motifs is 1. The summed E-state index contributed by atoms with van der Waals surface area (Å²) in [6, 6.07) is 7.00. The zero-order valence-electron chi connectivity index (χ0n) is 13.1. The summed E-state index contributed by atoms with van der Waals surface area (Å²) in [5, 5.41) is 3.62. The lowest BCUT2D eigenvalue weighted by Crippen LogP contribution is -2.16. The van der Waals surface area contributed by atoms with E-state index in [9.17, 15) is 9.18 Å². The highest BCUT2D eigenvalue weighted by atomic mass is 35.5. The van der Waals surface area contributed by atoms with Gasteiger partial charge in [-0.3, -0.25) is 4.79 Å². The number of nitrogens with zero attached hydrogens (tertiary/aromatic N) is 3. The Morgan fingerprint density at radius 3 is 2.64 bits per heavy atom. The number of rotatable bonds is 3. The van der Waals surface area contributed by atoms with Crippen LogP contribution >= 0.6 is 23.2 Å². The molecule has 0 bridgehead atoms. The number of carbonyl (C=O) groups is 1. The molecule has 1 saturated carbocycles. The maximum atomic E-state index is 13.1. The van der Waals surface area contributed by atoms with E-state index in [0.717, 1.165) is 5.52 Å². The first-order valence-electron chi connectivity index (χ1n) is 7.68. The molecule has 0 saturated heterocycles. The summed E-state index contributed by atoms with van der Waals surface area (Å²) in [4.78, 5) is 20.8. The molecule has 4 rings (SSSR count). The van der Waals surface area contributed by atoms with E-state index < -0.39 is 12.1 Å². The van der Waals surface area contributed by atoms with Gasteiger partial charge in [0, 0.05) is 13.2 Å². The third-order valence-electron chi connectivity index (χ3n) is 4.28. The number of aryl methyl sites for hydroxylation is 1. The number of amides is 1. The van der Waals surface area contributed by atoms with Gasteiger partial charge >= 0.3 is 0 Å². The molecule has 2 aromatic heterocycles. The van der Waals surface area contributed by atoms with Crippen molar-refractivity contribution in [1.29, 1.82) is 0 Å². The number of carbonyl (C=O) groups excluding carboxylic acids is 1. The molecule has 0 spiro atoms. The second kappa shape index (κ2) is 5.97. The third kappa shape index (κ3) is 2.75. The summed E-state index contributed by atoms with van der Waals surface area (Å²) in [6.45, 7) is 0. The fourth-order valence-corrected chi connectivity index (χ4v) is 3.36. The van der Waals surface area contributed by atoms with Crippen molar-refractivity contribution >= 4 is 46.0 Å². The molecule has 0 radical (unpaired) electrons. The number of anilines is 1. The van der Waals surface area contributed by atoms with Crippen LogP contribution in [0.4, 0.5) is 10.2 Å². The van der Waals surface area contributed by atoms with Crippen molar-refractivity contribution < 1.29 is 9.18 Å². The Balaban J connectivity index is 1.82. The number of halogens is 3. The van der Waals surface area contributed by atoms with E-state index in [2.05, 4.69) is 15.3 Å². The van der Waals surface area contributed by atoms with Crippen molar-refractivity contribution in [1.82, 2.24) is 14.5 Å². The van der Waals surface area contributed by atoms with Gasteiger partial charge < -0.3 is 9.88 Å². The van der Waals surface area contributed by atoms with Crippen LogP contribution in [-0.2, 0) is 11.8 Å². The molecule has 1 aromatic carbocycles. The number of aromatic nitrogens is 3. The maximum Gasteiger partial charge on any atom is 0.231 e. The normalized spacial score (nSPS) is 19.2. The van der Waals surface area contributed by atoms with Crippen molar-refractivity contribution in [2.75, 3.05) is 5.32 Å². The summed E-state index contributed by atoms with van der Waals surface area (Å²) >= 11 is 12.6. The number of nitrogens with one attached hydrogen (secondary N) is 1. The van der Waals surface area contributed by atoms with Crippen molar-refractivity contribution in [2.45, 2.75) is 12.6 Å². The lowest BCUT2D eigenvalue weighted by molar-refractivity contribution is -0.117. The predicted molar refractivity (Wildman–Crippen MR) is 95.6 cm³/mol. The lowest BCUT2D eigenvalue weighted by Gasteiger charge is -2.06. The summed E-state index contributed by atoms with van der Waals surface area (Å²) in [7, 11) is 1.83. The molecule has 1 aliphatic rings. The Bertz CT molecular complexity index is 983. The quantitative estimate of drug-likeness (QED) is 0.741. The molecular formula is C17H13Cl2FN4O. The average Bonchev–Trinajstić information content (AvgIpc) is 3.22. The van der Waals surface area contributed by atoms with Crippen LogP contribution in [0.25, 0.3) is 22.4 Å². The second-order valence-electron chi connectivity index (χ2n) is 5.97. The van der Waals surface area contributed by atoms with Gasteiger partial charge in [0.25, 0.3) is 0 Å². The van der Waals surface area contributed by atoms with Crippen LogP contribution in [0.5, 0.6) is 0 Å². The van der Waals surface area contributed by atoms with Gasteiger partial charge in [-0.2, -0.15) is 0 Å². The summed E-state index contributed by atoms with van der Waals surface area (Å²) in [5.74, 6) is -0.121. The number of alkyl halides is 1. The van der Waals surface area contributed by atoms with Gasteiger partial charge in [0.2, 0.25) is 5.91 Å². The Morgan fingerprint density at radius 1 is 1.32 bits per heavy atom. The molecule has 1 aliphatic carbocycles. The van der Waals surface area contributed by atoms with Gasteiger partial charge in [0.1, 0.15) is 17.5 Å². The topological polar surface area (TPSA) is 59.8 Å². The van der Waals surface area contributed by atoms with Crippen LogP contribution in [0.2, 0.25) is 10.0 Å². The molecule has 1 fully saturated rings. The standard InChI is InChI=1S/C17H13Cl2FN4O/c1-24-12-5-6-21-15(23-17(25)8-7-11(8)20)14(12)22-16(24)13-9(18)3-2-4-10(13)19/h2-6,8,11H,7H2,1H3,(H,21,23,25)/t8-,11+/m0/s1. The van der Waals surface area contributed by atoms with E-state index >= 15 is 0 Å². The van der Waals surface area contributed by atoms with Gasteiger partial charge in [-0.25, -0.2) is 14.4 Å². The van der Waals surface area contributed by atoms with E-state index in [1.807, 2.05) is 11.6 Å². The van der Waals surface area contributed by atoms with Crippen LogP contribution in [0, 0.1) is 5.92 Å². The molecule has 2 heterocycles. The summed E-state index contributed by atoms with van der Waals surface area (Å²) in [5.41, 5.74) is 1.86. The molecule has 0 aliphatic heterocycles. The van der Waals surface area contributed by atoms with Gasteiger partial charge in [-0.1, -0.05) is 29.3 Å². The summed E-state index contributed by atoms with van der Waals surface area (Å²) < 4.78 is 14.9. The number of hydrogen-bond acceptors (Lipinski definition) is 3. The zero-order valence-corrected chi connectivity index (χ0v) is 14.6. The van der Waals surface area contributed by atoms with Crippen LogP contribution < -0.4 is 5.32 Å². The molecule has 1 N–H and O–H groups in total. The van der Waals surface area contributed by atoms with E-state index in [1.165, 1.54) is 0 Å². The van der Waals surface area contributed by atoms with Gasteiger partial charge in [0.15, 0.2) is 5.82 Å². The van der Waals surface area contributed by atoms with Crippen molar-refractivity contribution in [2.24, 2.45) is 13.0 Å². The van der Waals surface area contributed by atoms with Gasteiger partial charge in [-0.05, 0) is 24.6 Å². The van der Waals surface area contributed by atoms with E-state index in [1.54, 1.807) is 30.5 Å². The zero-order chi connectivity index (χ0) is 17.7. The van der Waals surface area contributed by atoms with Crippen molar-refractivity contribution in [3.63, 3.8) is 0 Å². The molecule has 128 valence electrons. The third-order valence-corrected chi connectivity index (χ3v) is 4.91. The first kappa shape index (κ1) is 16.3. The van der Waals surface area contributed by atoms with Crippen molar-refractivity contribution in [3.05, 3.63) is 40.5 Å². The Kier molecular flexibility index (Phi) is 3.89. The van der Waals surface area contributed by atoms with Crippen LogP contribution in [-0.4, -0.2) is 26.6 Å². The average molecular weight is 379 g/mol. The Morgan fingerprint density at radius 2 is 2.00 bits per heavy atom. The molecule has 0 unspecified atom stereocenters. The fraction of sp³-hybridized carbons (Fsp3) is 0.235. The second-order valence-corrected chi connectivity index (χ2v) is 6.78. The molecular weight excluding hydrogens is 366 g/mol. The number of imidazole rings is 1. The molecule has 8 heteroatoms. The molecule has 25 heavy (non-hydrogen) atoms.